The van der Waals surface area contributed by atoms with Crippen molar-refractivity contribution in [3.05, 3.63) is 34.4 Å². The monoisotopic (exact) mass is 371 g/mol. The number of hydrogen-bond donors (Lipinski definition) is 3. The van der Waals surface area contributed by atoms with Crippen LogP contribution < -0.4 is 26.2 Å². The molecule has 0 aromatic carbocycles. The second-order valence-electron chi connectivity index (χ2n) is 6.48. The van der Waals surface area contributed by atoms with E-state index < -0.39 is 0 Å². The highest BCUT2D eigenvalue weighted by Gasteiger charge is 2.15. The summed E-state index contributed by atoms with van der Waals surface area (Å²) in [6.45, 7) is 4.02. The third-order valence-corrected chi connectivity index (χ3v) is 4.29. The average Bonchev–Trinajstić information content (AvgIpc) is 2.97. The van der Waals surface area contributed by atoms with Gasteiger partial charge in [0.05, 0.1) is 13.2 Å². The highest BCUT2D eigenvalue weighted by molar-refractivity contribution is 5.81. The van der Waals surface area contributed by atoms with Crippen LogP contribution in [0.15, 0.2) is 23.1 Å². The Morgan fingerprint density at radius 3 is 3.00 bits per heavy atom. The quantitative estimate of drug-likeness (QED) is 0.513. The van der Waals surface area contributed by atoms with Gasteiger partial charge in [0.25, 0.3) is 0 Å². The highest BCUT2D eigenvalue weighted by Crippen LogP contribution is 2.19. The smallest absolute Gasteiger partial charge is 0.328 e. The van der Waals surface area contributed by atoms with Crippen molar-refractivity contribution in [1.29, 1.82) is 0 Å². The molecule has 3 aromatic rings. The van der Waals surface area contributed by atoms with Crippen molar-refractivity contribution in [3.63, 3.8) is 0 Å². The lowest BCUT2D eigenvalue weighted by atomic mass is 10.3. The summed E-state index contributed by atoms with van der Waals surface area (Å²) in [5.41, 5.74) is 7.29. The van der Waals surface area contributed by atoms with Gasteiger partial charge < -0.3 is 25.5 Å². The van der Waals surface area contributed by atoms with Crippen LogP contribution in [0.3, 0.4) is 0 Å². The second-order valence-corrected chi connectivity index (χ2v) is 6.48. The van der Waals surface area contributed by atoms with E-state index in [1.807, 2.05) is 13.0 Å². The maximum Gasteiger partial charge on any atom is 0.328 e. The molecule has 2 aliphatic heterocycles. The van der Waals surface area contributed by atoms with Crippen molar-refractivity contribution in [2.75, 3.05) is 25.5 Å². The molecule has 27 heavy (non-hydrogen) atoms. The normalized spacial score (nSPS) is 18.2. The molecule has 0 aliphatic carbocycles. The van der Waals surface area contributed by atoms with Gasteiger partial charge in [-0.25, -0.2) is 9.78 Å². The fourth-order valence-electron chi connectivity index (χ4n) is 2.87. The number of ether oxygens (including phenoxy) is 2. The molecule has 5 heterocycles. The van der Waals surface area contributed by atoms with Crippen LogP contribution >= 0.6 is 0 Å². The Balaban J connectivity index is 1.73. The average molecular weight is 371 g/mol. The summed E-state index contributed by atoms with van der Waals surface area (Å²) in [7, 11) is 0. The number of anilines is 1. The van der Waals surface area contributed by atoms with Gasteiger partial charge in [-0.15, -0.1) is 0 Å². The Morgan fingerprint density at radius 1 is 1.30 bits per heavy atom. The lowest BCUT2D eigenvalue weighted by molar-refractivity contribution is 0.253. The van der Waals surface area contributed by atoms with Gasteiger partial charge in [-0.3, -0.25) is 4.57 Å². The zero-order valence-corrected chi connectivity index (χ0v) is 14.9. The minimum absolute atomic E-state index is 0.155. The maximum absolute atomic E-state index is 12.4. The van der Waals surface area contributed by atoms with E-state index >= 15 is 0 Å². The van der Waals surface area contributed by atoms with E-state index in [1.54, 1.807) is 12.3 Å². The lowest BCUT2D eigenvalue weighted by Crippen LogP contribution is -2.33. The molecule has 0 radical (unpaired) electrons. The van der Waals surface area contributed by atoms with E-state index in [-0.39, 0.29) is 23.6 Å². The Morgan fingerprint density at radius 2 is 2.19 bits per heavy atom. The van der Waals surface area contributed by atoms with Crippen LogP contribution in [0, 0.1) is 0 Å². The van der Waals surface area contributed by atoms with Crippen LogP contribution in [0.4, 0.5) is 5.82 Å². The molecule has 0 saturated heterocycles. The van der Waals surface area contributed by atoms with E-state index in [1.165, 1.54) is 4.57 Å². The molecule has 3 aromatic heterocycles. The molecule has 10 heteroatoms. The van der Waals surface area contributed by atoms with E-state index in [2.05, 4.69) is 25.3 Å². The van der Waals surface area contributed by atoms with Crippen LogP contribution in [-0.2, 0) is 6.54 Å². The van der Waals surface area contributed by atoms with Gasteiger partial charge in [0.2, 0.25) is 5.88 Å². The van der Waals surface area contributed by atoms with Gasteiger partial charge in [0, 0.05) is 18.3 Å². The number of hydrogen-bond acceptors (Lipinski definition) is 8. The van der Waals surface area contributed by atoms with Gasteiger partial charge in [0.15, 0.2) is 11.5 Å². The Bertz CT molecular complexity index is 996. The van der Waals surface area contributed by atoms with Crippen LogP contribution in [-0.4, -0.2) is 50.3 Å². The van der Waals surface area contributed by atoms with Crippen LogP contribution in [0.5, 0.6) is 11.9 Å². The summed E-state index contributed by atoms with van der Waals surface area (Å²) in [5, 5.41) is 3.36. The zero-order valence-electron chi connectivity index (χ0n) is 14.9. The van der Waals surface area contributed by atoms with E-state index in [0.29, 0.717) is 36.8 Å². The first-order valence-electron chi connectivity index (χ1n) is 8.80. The largest absolute Gasteiger partial charge is 0.476 e. The number of nitrogen functional groups attached to an aromatic ring is 1. The SMILES string of the molecule is CC1COc2ccc(cn2)Cn2c(=O)[nH]c3c(N)nc(nc32)OCCCN1. The van der Waals surface area contributed by atoms with Gasteiger partial charge in [-0.05, 0) is 25.5 Å². The van der Waals surface area contributed by atoms with Crippen molar-refractivity contribution in [1.82, 2.24) is 29.8 Å². The summed E-state index contributed by atoms with van der Waals surface area (Å²) in [6, 6.07) is 3.98. The number of fused-ring (bicyclic) bond motifs is 9. The molecule has 0 amide bonds. The Hall–Kier alpha value is -3.14. The molecular weight excluding hydrogens is 350 g/mol. The van der Waals surface area contributed by atoms with Gasteiger partial charge >= 0.3 is 11.7 Å². The number of pyridine rings is 1. The molecule has 0 spiro atoms. The molecule has 1 unspecified atom stereocenters. The third-order valence-electron chi connectivity index (χ3n) is 4.29. The molecule has 4 bridgehead atoms. The fourth-order valence-corrected chi connectivity index (χ4v) is 2.87. The first-order valence-corrected chi connectivity index (χ1v) is 8.80. The summed E-state index contributed by atoms with van der Waals surface area (Å²) in [4.78, 5) is 27.9. The van der Waals surface area contributed by atoms with E-state index in [9.17, 15) is 4.79 Å². The molecule has 4 N–H and O–H groups in total. The van der Waals surface area contributed by atoms with Gasteiger partial charge in [-0.1, -0.05) is 6.07 Å². The summed E-state index contributed by atoms with van der Waals surface area (Å²) in [6.07, 6.45) is 2.44. The van der Waals surface area contributed by atoms with Crippen molar-refractivity contribution < 1.29 is 9.47 Å². The number of rotatable bonds is 0. The zero-order chi connectivity index (χ0) is 18.8. The number of H-pyrrole nitrogens is 1. The number of aromatic nitrogens is 5. The molecule has 1 atom stereocenters. The molecule has 0 saturated carbocycles. The first kappa shape index (κ1) is 17.3. The second kappa shape index (κ2) is 7.23. The van der Waals surface area contributed by atoms with E-state index in [0.717, 1.165) is 18.5 Å². The minimum Gasteiger partial charge on any atom is -0.476 e. The van der Waals surface area contributed by atoms with Crippen LogP contribution in [0.2, 0.25) is 0 Å². The van der Waals surface area contributed by atoms with E-state index in [4.69, 9.17) is 15.2 Å². The number of nitrogens with zero attached hydrogens (tertiary/aromatic N) is 4. The maximum atomic E-state index is 12.4. The number of nitrogens with two attached hydrogens (primary N) is 1. The Kier molecular flexibility index (Phi) is 4.63. The molecule has 2 aliphatic rings. The number of aromatic amines is 1. The molecule has 142 valence electrons. The molecule has 0 fully saturated rings. The summed E-state index contributed by atoms with van der Waals surface area (Å²) >= 11 is 0. The topological polar surface area (TPSA) is 133 Å². The van der Waals surface area contributed by atoms with Crippen LogP contribution in [0.25, 0.3) is 11.2 Å². The van der Waals surface area contributed by atoms with Gasteiger partial charge in [0.1, 0.15) is 12.1 Å². The lowest BCUT2D eigenvalue weighted by Gasteiger charge is -2.14. The number of imidazole rings is 1. The molecule has 10 nitrogen and oxygen atoms in total. The van der Waals surface area contributed by atoms with Gasteiger partial charge in [-0.2, -0.15) is 9.97 Å². The predicted octanol–water partition coefficient (Wildman–Crippen LogP) is 0.285. The van der Waals surface area contributed by atoms with Crippen LogP contribution in [0.1, 0.15) is 18.9 Å². The third kappa shape index (κ3) is 3.70. The number of nitrogens with one attached hydrogen (secondary N) is 2. The highest BCUT2D eigenvalue weighted by atomic mass is 16.5. The molecular formula is C17H21N7O3. The minimum atomic E-state index is -0.320. The standard InChI is InChI=1S/C17H21N7O3/c1-10-9-27-12-4-3-11(7-20-12)8-24-15-13(21-17(24)25)14(18)22-16(23-15)26-6-2-5-19-10/h3-4,7,10,19H,2,5-6,8-9H2,1H3,(H,21,25)(H2,18,22,23). The van der Waals surface area contributed by atoms with Crippen molar-refractivity contribution >= 4 is 17.0 Å². The summed E-state index contributed by atoms with van der Waals surface area (Å²) in [5.74, 6) is 0.720. The fraction of sp³-hybridized carbons (Fsp3) is 0.412. The predicted molar refractivity (Wildman–Crippen MR) is 99.0 cm³/mol. The summed E-state index contributed by atoms with van der Waals surface area (Å²) < 4.78 is 12.8. The van der Waals surface area contributed by atoms with Crippen molar-refractivity contribution in [2.24, 2.45) is 0 Å². The Labute approximate surface area is 154 Å². The molecule has 5 rings (SSSR count). The van der Waals surface area contributed by atoms with Crippen molar-refractivity contribution in [3.8, 4) is 11.9 Å². The first-order chi connectivity index (χ1) is 13.1. The van der Waals surface area contributed by atoms with Crippen molar-refractivity contribution in [2.45, 2.75) is 25.9 Å².